The van der Waals surface area contributed by atoms with Crippen molar-refractivity contribution in [1.29, 1.82) is 0 Å². The van der Waals surface area contributed by atoms with E-state index in [0.717, 1.165) is 17.7 Å². The summed E-state index contributed by atoms with van der Waals surface area (Å²) in [5.41, 5.74) is 0.707. The fourth-order valence-electron chi connectivity index (χ4n) is 1.50. The lowest BCUT2D eigenvalue weighted by Crippen LogP contribution is -2.51. The molecule has 1 aliphatic rings. The molecule has 0 radical (unpaired) electrons. The van der Waals surface area contributed by atoms with E-state index in [0.29, 0.717) is 6.54 Å². The summed E-state index contributed by atoms with van der Waals surface area (Å²) in [5, 5.41) is 5.63. The summed E-state index contributed by atoms with van der Waals surface area (Å²) in [6, 6.07) is 0. The molecule has 1 aromatic rings. The number of fused-ring (bicyclic) bond motifs is 1. The Bertz CT molecular complexity index is 355. The normalized spacial score (nSPS) is 20.3. The molecule has 0 amide bonds. The van der Waals surface area contributed by atoms with Gasteiger partial charge in [0, 0.05) is 0 Å². The van der Waals surface area contributed by atoms with Gasteiger partial charge in [-0.05, 0) is 11.8 Å². The Morgan fingerprint density at radius 2 is 2.25 bits per heavy atom. The molecular weight excluding hydrogens is 154 g/mol. The van der Waals surface area contributed by atoms with Crippen molar-refractivity contribution in [1.82, 2.24) is 10.5 Å². The highest BCUT2D eigenvalue weighted by Crippen LogP contribution is 2.15. The van der Waals surface area contributed by atoms with Crippen LogP contribution in [-0.2, 0) is 13.0 Å². The summed E-state index contributed by atoms with van der Waals surface area (Å²) in [7, 11) is 4.14. The van der Waals surface area contributed by atoms with Gasteiger partial charge >= 0.3 is 0 Å². The molecule has 0 atom stereocenters. The smallest absolute Gasteiger partial charge is 0.283 e. The van der Waals surface area contributed by atoms with Crippen molar-refractivity contribution in [3.63, 3.8) is 0 Å². The minimum Gasteiger partial charge on any atom is -0.382 e. The van der Waals surface area contributed by atoms with Gasteiger partial charge in [0.25, 0.3) is 5.56 Å². The van der Waals surface area contributed by atoms with Crippen LogP contribution in [0.2, 0.25) is 0 Å². The molecule has 1 aromatic heterocycles. The SMILES string of the molecule is BC1(B)Cc2c(o[nH]c2=O)CN1. The number of nitrogens with one attached hydrogen (secondary N) is 2. The van der Waals surface area contributed by atoms with Crippen molar-refractivity contribution >= 4 is 15.7 Å². The van der Waals surface area contributed by atoms with Gasteiger partial charge in [-0.3, -0.25) is 4.79 Å². The number of aromatic nitrogens is 1. The van der Waals surface area contributed by atoms with Gasteiger partial charge in [-0.25, -0.2) is 0 Å². The molecule has 4 nitrogen and oxygen atoms in total. The molecule has 62 valence electrons. The molecule has 0 bridgehead atoms. The highest BCUT2D eigenvalue weighted by molar-refractivity contribution is 6.40. The fraction of sp³-hybridized carbons (Fsp3) is 0.500. The van der Waals surface area contributed by atoms with Gasteiger partial charge in [0.15, 0.2) is 5.76 Å². The van der Waals surface area contributed by atoms with Gasteiger partial charge in [0.2, 0.25) is 0 Å². The molecule has 0 saturated heterocycles. The molecule has 0 saturated carbocycles. The number of aromatic amines is 1. The molecule has 2 heterocycles. The van der Waals surface area contributed by atoms with Gasteiger partial charge < -0.3 is 9.84 Å². The molecular formula is C6H10B2N2O2. The van der Waals surface area contributed by atoms with Crippen LogP contribution in [0.5, 0.6) is 0 Å². The van der Waals surface area contributed by atoms with Crippen molar-refractivity contribution in [3.05, 3.63) is 21.7 Å². The zero-order chi connectivity index (χ0) is 8.77. The number of rotatable bonds is 0. The summed E-state index contributed by atoms with van der Waals surface area (Å²) in [5.74, 6) is 0.749. The van der Waals surface area contributed by atoms with Crippen molar-refractivity contribution in [2.24, 2.45) is 0 Å². The number of H-pyrrole nitrogens is 1. The number of hydrogen-bond acceptors (Lipinski definition) is 3. The van der Waals surface area contributed by atoms with Crippen LogP contribution in [0, 0.1) is 0 Å². The Morgan fingerprint density at radius 3 is 3.00 bits per heavy atom. The molecule has 0 fully saturated rings. The molecule has 0 spiro atoms. The third-order valence-corrected chi connectivity index (χ3v) is 2.22. The third-order valence-electron chi connectivity index (χ3n) is 2.22. The summed E-state index contributed by atoms with van der Waals surface area (Å²) >= 11 is 0. The van der Waals surface area contributed by atoms with Gasteiger partial charge in [-0.15, -0.1) is 0 Å². The molecule has 0 unspecified atom stereocenters. The van der Waals surface area contributed by atoms with E-state index in [4.69, 9.17) is 4.52 Å². The molecule has 12 heavy (non-hydrogen) atoms. The van der Waals surface area contributed by atoms with Crippen LogP contribution in [0.4, 0.5) is 0 Å². The highest BCUT2D eigenvalue weighted by atomic mass is 16.5. The Labute approximate surface area is 71.5 Å². The van der Waals surface area contributed by atoms with Crippen molar-refractivity contribution < 1.29 is 4.52 Å². The van der Waals surface area contributed by atoms with Crippen LogP contribution in [0.3, 0.4) is 0 Å². The van der Waals surface area contributed by atoms with Crippen LogP contribution in [-0.4, -0.2) is 26.2 Å². The lowest BCUT2D eigenvalue weighted by molar-refractivity contribution is 0.353. The highest BCUT2D eigenvalue weighted by Gasteiger charge is 2.28. The minimum absolute atomic E-state index is 0.00384. The molecule has 1 aliphatic heterocycles. The predicted molar refractivity (Wildman–Crippen MR) is 49.7 cm³/mol. The molecule has 0 aromatic carbocycles. The molecule has 2 N–H and O–H groups in total. The quantitative estimate of drug-likeness (QED) is 0.417. The van der Waals surface area contributed by atoms with E-state index in [1.165, 1.54) is 0 Å². The minimum atomic E-state index is -0.0837. The summed E-state index contributed by atoms with van der Waals surface area (Å²) < 4.78 is 4.98. The van der Waals surface area contributed by atoms with Crippen molar-refractivity contribution in [3.8, 4) is 0 Å². The van der Waals surface area contributed by atoms with E-state index in [2.05, 4.69) is 26.2 Å². The fourth-order valence-corrected chi connectivity index (χ4v) is 1.50. The largest absolute Gasteiger partial charge is 0.382 e. The second-order valence-corrected chi connectivity index (χ2v) is 3.85. The molecule has 2 rings (SSSR count). The van der Waals surface area contributed by atoms with Crippen LogP contribution < -0.4 is 10.9 Å². The second-order valence-electron chi connectivity index (χ2n) is 3.85. The monoisotopic (exact) mass is 164 g/mol. The van der Waals surface area contributed by atoms with Gasteiger partial charge in [-0.2, -0.15) is 5.16 Å². The third kappa shape index (κ3) is 1.12. The van der Waals surface area contributed by atoms with Crippen LogP contribution in [0.15, 0.2) is 9.32 Å². The Balaban J connectivity index is 2.45. The summed E-state index contributed by atoms with van der Waals surface area (Å²) in [6.07, 6.45) is 0.730. The molecule has 0 aliphatic carbocycles. The van der Waals surface area contributed by atoms with Crippen LogP contribution in [0.25, 0.3) is 0 Å². The lowest BCUT2D eigenvalue weighted by atomic mass is 9.58. The topological polar surface area (TPSA) is 58.0 Å². The van der Waals surface area contributed by atoms with Crippen molar-refractivity contribution in [2.45, 2.75) is 18.3 Å². The van der Waals surface area contributed by atoms with Gasteiger partial charge in [-0.1, -0.05) is 0 Å². The van der Waals surface area contributed by atoms with Crippen molar-refractivity contribution in [2.75, 3.05) is 0 Å². The van der Waals surface area contributed by atoms with Crippen LogP contribution in [0.1, 0.15) is 11.3 Å². The Morgan fingerprint density at radius 1 is 1.50 bits per heavy atom. The lowest BCUT2D eigenvalue weighted by Gasteiger charge is -2.29. The number of hydrogen-bond donors (Lipinski definition) is 2. The Kier molecular flexibility index (Phi) is 1.48. The molecule has 6 heteroatoms. The first kappa shape index (κ1) is 7.73. The van der Waals surface area contributed by atoms with Gasteiger partial charge in [0.1, 0.15) is 15.7 Å². The summed E-state index contributed by atoms with van der Waals surface area (Å²) in [6.45, 7) is 0.640. The maximum Gasteiger partial charge on any atom is 0.283 e. The second kappa shape index (κ2) is 2.29. The average Bonchev–Trinajstić information content (AvgIpc) is 2.31. The average molecular weight is 164 g/mol. The van der Waals surface area contributed by atoms with E-state index >= 15 is 0 Å². The van der Waals surface area contributed by atoms with E-state index in [1.54, 1.807) is 0 Å². The zero-order valence-corrected chi connectivity index (χ0v) is 7.23. The first-order chi connectivity index (χ1) is 5.58. The standard InChI is InChI=1S/C6H10B2N2O2/c7-6(8)1-3-4(2-9-6)12-10-5(3)11/h9H,1-2,7-8H2,(H,10,11). The van der Waals surface area contributed by atoms with Gasteiger partial charge in [0.05, 0.1) is 12.1 Å². The maximum atomic E-state index is 11.2. The Hall–Kier alpha value is -0.900. The van der Waals surface area contributed by atoms with Crippen LogP contribution >= 0.6 is 0 Å². The summed E-state index contributed by atoms with van der Waals surface area (Å²) in [4.78, 5) is 11.2. The van der Waals surface area contributed by atoms with E-state index in [9.17, 15) is 4.79 Å². The maximum absolute atomic E-state index is 11.2. The zero-order valence-electron chi connectivity index (χ0n) is 7.23. The predicted octanol–water partition coefficient (Wildman–Crippen LogP) is -2.47. The van der Waals surface area contributed by atoms with E-state index in [-0.39, 0.29) is 10.9 Å². The first-order valence-electron chi connectivity index (χ1n) is 4.03. The first-order valence-corrected chi connectivity index (χ1v) is 4.03. The van der Waals surface area contributed by atoms with E-state index in [1.807, 2.05) is 0 Å². The van der Waals surface area contributed by atoms with E-state index < -0.39 is 0 Å².